The highest BCUT2D eigenvalue weighted by Gasteiger charge is 2.07. The van der Waals surface area contributed by atoms with Crippen LogP contribution >= 0.6 is 0 Å². The maximum Gasteiger partial charge on any atom is 0.331 e. The van der Waals surface area contributed by atoms with Gasteiger partial charge in [-0.3, -0.25) is 0 Å². The minimum absolute atomic E-state index is 0.103. The zero-order valence-corrected chi connectivity index (χ0v) is 13.4. The molecule has 0 aliphatic carbocycles. The van der Waals surface area contributed by atoms with Crippen LogP contribution in [-0.2, 0) is 19.1 Å². The molecule has 24 heavy (non-hydrogen) atoms. The van der Waals surface area contributed by atoms with Gasteiger partial charge >= 0.3 is 17.9 Å². The number of carbonyl (C=O) groups is 3. The minimum Gasteiger partial charge on any atom is -0.478 e. The molecule has 0 spiro atoms. The van der Waals surface area contributed by atoms with Crippen LogP contribution in [0.3, 0.4) is 0 Å². The minimum atomic E-state index is -1.14. The Bertz CT molecular complexity index is 725. The topological polar surface area (TPSA) is 101 Å². The van der Waals surface area contributed by atoms with E-state index in [1.807, 2.05) is 0 Å². The highest BCUT2D eigenvalue weighted by atomic mass is 16.5. The fourth-order valence-corrected chi connectivity index (χ4v) is 1.86. The number of esters is 1. The van der Waals surface area contributed by atoms with Crippen LogP contribution in [0.2, 0.25) is 0 Å². The van der Waals surface area contributed by atoms with Gasteiger partial charge in [0, 0.05) is 17.7 Å². The van der Waals surface area contributed by atoms with E-state index in [1.165, 1.54) is 31.2 Å². The summed E-state index contributed by atoms with van der Waals surface area (Å²) in [4.78, 5) is 33.2. The third-order valence-electron chi connectivity index (χ3n) is 2.96. The second-order valence-corrected chi connectivity index (χ2v) is 4.74. The van der Waals surface area contributed by atoms with Crippen molar-refractivity contribution in [1.82, 2.24) is 0 Å². The summed E-state index contributed by atoms with van der Waals surface area (Å²) in [5.41, 5.74) is 1.68. The maximum absolute atomic E-state index is 11.4. The first kappa shape index (κ1) is 18.9. The van der Waals surface area contributed by atoms with Crippen molar-refractivity contribution in [3.05, 3.63) is 52.6 Å². The van der Waals surface area contributed by atoms with Crippen molar-refractivity contribution in [3.8, 4) is 0 Å². The number of aliphatic carboxylic acids is 2. The Hall–Kier alpha value is -3.15. The summed E-state index contributed by atoms with van der Waals surface area (Å²) in [6.45, 7) is 3.37. The van der Waals surface area contributed by atoms with Gasteiger partial charge < -0.3 is 14.9 Å². The standard InChI is InChI=1S/C18H18O6/c1-3-24-17(21)10-7-13-5-4-6-14(11-12(2)18(22)23)15(13)8-9-16(19)20/h4-11H,3H2,1-2H3,(H,19,20)(H,22,23). The Morgan fingerprint density at radius 1 is 1.08 bits per heavy atom. The summed E-state index contributed by atoms with van der Waals surface area (Å²) >= 11 is 0. The van der Waals surface area contributed by atoms with Crippen molar-refractivity contribution >= 4 is 36.1 Å². The van der Waals surface area contributed by atoms with Crippen molar-refractivity contribution in [3.63, 3.8) is 0 Å². The van der Waals surface area contributed by atoms with Crippen LogP contribution in [0.5, 0.6) is 0 Å². The van der Waals surface area contributed by atoms with Gasteiger partial charge in [-0.25, -0.2) is 14.4 Å². The van der Waals surface area contributed by atoms with Crippen molar-refractivity contribution in [2.45, 2.75) is 13.8 Å². The molecule has 1 aromatic carbocycles. The summed E-state index contributed by atoms with van der Waals surface area (Å²) in [7, 11) is 0. The van der Waals surface area contributed by atoms with E-state index in [-0.39, 0.29) is 12.2 Å². The van der Waals surface area contributed by atoms with Crippen molar-refractivity contribution in [1.29, 1.82) is 0 Å². The molecule has 0 aliphatic heterocycles. The van der Waals surface area contributed by atoms with E-state index in [2.05, 4.69) is 0 Å². The molecular weight excluding hydrogens is 312 g/mol. The van der Waals surface area contributed by atoms with Crippen LogP contribution in [0.25, 0.3) is 18.2 Å². The molecule has 0 unspecified atom stereocenters. The summed E-state index contributed by atoms with van der Waals surface area (Å²) < 4.78 is 4.80. The number of rotatable bonds is 7. The lowest BCUT2D eigenvalue weighted by Crippen LogP contribution is -1.99. The van der Waals surface area contributed by atoms with E-state index in [1.54, 1.807) is 25.1 Å². The molecule has 0 heterocycles. The smallest absolute Gasteiger partial charge is 0.331 e. The Balaban J connectivity index is 3.37. The molecule has 0 aliphatic rings. The van der Waals surface area contributed by atoms with Crippen LogP contribution in [0.1, 0.15) is 30.5 Å². The molecule has 0 aromatic heterocycles. The van der Waals surface area contributed by atoms with Crippen LogP contribution < -0.4 is 0 Å². The average Bonchev–Trinajstić information content (AvgIpc) is 2.51. The molecule has 0 saturated heterocycles. The number of carboxylic acid groups (broad SMARTS) is 2. The molecule has 0 fully saturated rings. The monoisotopic (exact) mass is 330 g/mol. The van der Waals surface area contributed by atoms with E-state index >= 15 is 0 Å². The third-order valence-corrected chi connectivity index (χ3v) is 2.96. The second kappa shape index (κ2) is 9.09. The largest absolute Gasteiger partial charge is 0.478 e. The normalized spacial score (nSPS) is 11.8. The summed E-state index contributed by atoms with van der Waals surface area (Å²) in [5.74, 6) is -2.73. The van der Waals surface area contributed by atoms with Gasteiger partial charge in [0.2, 0.25) is 0 Å². The Kier molecular flexibility index (Phi) is 7.16. The van der Waals surface area contributed by atoms with Gasteiger partial charge in [0.05, 0.1) is 6.61 Å². The number of carboxylic acids is 2. The van der Waals surface area contributed by atoms with E-state index in [4.69, 9.17) is 14.9 Å². The highest BCUT2D eigenvalue weighted by molar-refractivity contribution is 5.94. The molecule has 0 atom stereocenters. The summed E-state index contributed by atoms with van der Waals surface area (Å²) in [6, 6.07) is 5.03. The SMILES string of the molecule is CCOC(=O)C=Cc1cccc(C=C(C)C(=O)O)c1C=CC(=O)O. The van der Waals surface area contributed by atoms with E-state index in [0.29, 0.717) is 16.7 Å². The van der Waals surface area contributed by atoms with Crippen LogP contribution in [0.15, 0.2) is 35.9 Å². The van der Waals surface area contributed by atoms with Gasteiger partial charge in [0.25, 0.3) is 0 Å². The number of hydrogen-bond acceptors (Lipinski definition) is 4. The fourth-order valence-electron chi connectivity index (χ4n) is 1.86. The molecule has 1 rings (SSSR count). The van der Waals surface area contributed by atoms with Crippen LogP contribution in [0, 0.1) is 0 Å². The molecule has 126 valence electrons. The van der Waals surface area contributed by atoms with E-state index in [9.17, 15) is 14.4 Å². The molecule has 6 heteroatoms. The van der Waals surface area contributed by atoms with Gasteiger partial charge in [-0.2, -0.15) is 0 Å². The lowest BCUT2D eigenvalue weighted by molar-refractivity contribution is -0.137. The van der Waals surface area contributed by atoms with Crippen molar-refractivity contribution < 1.29 is 29.3 Å². The van der Waals surface area contributed by atoms with Crippen molar-refractivity contribution in [2.24, 2.45) is 0 Å². The van der Waals surface area contributed by atoms with Crippen LogP contribution in [0.4, 0.5) is 0 Å². The predicted octanol–water partition coefficient (Wildman–Crippen LogP) is 2.85. The first-order chi connectivity index (χ1) is 11.3. The highest BCUT2D eigenvalue weighted by Crippen LogP contribution is 2.21. The number of ether oxygens (including phenoxy) is 1. The van der Waals surface area contributed by atoms with Crippen LogP contribution in [-0.4, -0.2) is 34.7 Å². The van der Waals surface area contributed by atoms with Gasteiger partial charge in [-0.05, 0) is 48.8 Å². The third kappa shape index (κ3) is 5.92. The Morgan fingerprint density at radius 2 is 1.75 bits per heavy atom. The van der Waals surface area contributed by atoms with Gasteiger partial charge in [0.1, 0.15) is 0 Å². The Morgan fingerprint density at radius 3 is 2.33 bits per heavy atom. The van der Waals surface area contributed by atoms with Gasteiger partial charge in [-0.15, -0.1) is 0 Å². The lowest BCUT2D eigenvalue weighted by atomic mass is 9.98. The van der Waals surface area contributed by atoms with Crippen molar-refractivity contribution in [2.75, 3.05) is 6.61 Å². The quantitative estimate of drug-likeness (QED) is 0.589. The summed E-state index contributed by atoms with van der Waals surface area (Å²) in [6.07, 6.45) is 6.46. The van der Waals surface area contributed by atoms with E-state index in [0.717, 1.165) is 6.08 Å². The molecule has 6 nitrogen and oxygen atoms in total. The van der Waals surface area contributed by atoms with E-state index < -0.39 is 17.9 Å². The first-order valence-corrected chi connectivity index (χ1v) is 7.15. The zero-order valence-electron chi connectivity index (χ0n) is 13.4. The maximum atomic E-state index is 11.4. The molecule has 1 aromatic rings. The summed E-state index contributed by atoms with van der Waals surface area (Å²) in [5, 5.41) is 17.8. The first-order valence-electron chi connectivity index (χ1n) is 7.15. The second-order valence-electron chi connectivity index (χ2n) is 4.74. The molecule has 0 amide bonds. The molecule has 0 saturated carbocycles. The molecular formula is C18H18O6. The molecule has 0 bridgehead atoms. The van der Waals surface area contributed by atoms with Gasteiger partial charge in [0.15, 0.2) is 0 Å². The average molecular weight is 330 g/mol. The molecule has 0 radical (unpaired) electrons. The van der Waals surface area contributed by atoms with Gasteiger partial charge in [-0.1, -0.05) is 18.2 Å². The Labute approximate surface area is 139 Å². The number of hydrogen-bond donors (Lipinski definition) is 2. The molecule has 2 N–H and O–H groups in total. The number of carbonyl (C=O) groups excluding carboxylic acids is 1. The number of benzene rings is 1. The fraction of sp³-hybridized carbons (Fsp3) is 0.167. The zero-order chi connectivity index (χ0) is 18.1. The predicted molar refractivity (Wildman–Crippen MR) is 90.1 cm³/mol. The lowest BCUT2D eigenvalue weighted by Gasteiger charge is -2.07.